The third kappa shape index (κ3) is 2.26. The quantitative estimate of drug-likeness (QED) is 0.718. The lowest BCUT2D eigenvalue weighted by Crippen LogP contribution is -2.41. The van der Waals surface area contributed by atoms with E-state index in [4.69, 9.17) is 10.5 Å². The maximum atomic E-state index is 12.1. The number of H-pyrrole nitrogens is 1. The van der Waals surface area contributed by atoms with E-state index in [0.717, 1.165) is 19.3 Å². The van der Waals surface area contributed by atoms with E-state index in [1.54, 1.807) is 14.0 Å². The molecule has 1 heterocycles. The smallest absolute Gasteiger partial charge is 0.257 e. The van der Waals surface area contributed by atoms with Gasteiger partial charge in [0.25, 0.3) is 5.91 Å². The molecule has 2 unspecified atom stereocenters. The SMILES string of the molecule is COC1CCCC1NC(=O)c1c(N)n[nH]c1C. The molecule has 1 aromatic heterocycles. The molecule has 0 spiro atoms. The summed E-state index contributed by atoms with van der Waals surface area (Å²) in [6.07, 6.45) is 3.11. The van der Waals surface area contributed by atoms with Gasteiger partial charge in [-0.3, -0.25) is 9.89 Å². The highest BCUT2D eigenvalue weighted by Gasteiger charge is 2.29. The number of ether oxygens (including phenoxy) is 1. The van der Waals surface area contributed by atoms with Crippen molar-refractivity contribution in [3.8, 4) is 0 Å². The number of amides is 1. The Labute approximate surface area is 99.9 Å². The Balaban J connectivity index is 2.07. The van der Waals surface area contributed by atoms with Crippen LogP contribution >= 0.6 is 0 Å². The van der Waals surface area contributed by atoms with Gasteiger partial charge in [0.1, 0.15) is 5.56 Å². The number of carbonyl (C=O) groups excluding carboxylic acids is 1. The number of hydrogen-bond donors (Lipinski definition) is 3. The number of anilines is 1. The Kier molecular flexibility index (Phi) is 3.33. The highest BCUT2D eigenvalue weighted by Crippen LogP contribution is 2.22. The van der Waals surface area contributed by atoms with Crippen molar-refractivity contribution in [3.63, 3.8) is 0 Å². The fraction of sp³-hybridized carbons (Fsp3) is 0.636. The molecule has 94 valence electrons. The van der Waals surface area contributed by atoms with E-state index < -0.39 is 0 Å². The molecule has 1 aliphatic carbocycles. The van der Waals surface area contributed by atoms with E-state index in [0.29, 0.717) is 11.3 Å². The van der Waals surface area contributed by atoms with Crippen molar-refractivity contribution < 1.29 is 9.53 Å². The number of methoxy groups -OCH3 is 1. The zero-order valence-electron chi connectivity index (χ0n) is 10.1. The third-order valence-corrected chi connectivity index (χ3v) is 3.27. The first-order chi connectivity index (χ1) is 8.13. The minimum Gasteiger partial charge on any atom is -0.382 e. The van der Waals surface area contributed by atoms with Gasteiger partial charge in [-0.05, 0) is 26.2 Å². The molecule has 6 heteroatoms. The van der Waals surface area contributed by atoms with Crippen LogP contribution in [0, 0.1) is 6.92 Å². The monoisotopic (exact) mass is 238 g/mol. The molecule has 0 radical (unpaired) electrons. The van der Waals surface area contributed by atoms with Crippen LogP contribution < -0.4 is 11.1 Å². The second-order valence-corrected chi connectivity index (χ2v) is 4.39. The molecule has 0 aromatic carbocycles. The Morgan fingerprint density at radius 1 is 1.59 bits per heavy atom. The van der Waals surface area contributed by atoms with E-state index in [2.05, 4.69) is 15.5 Å². The molecule has 0 saturated heterocycles. The Hall–Kier alpha value is -1.56. The van der Waals surface area contributed by atoms with Crippen LogP contribution in [0.3, 0.4) is 0 Å². The van der Waals surface area contributed by atoms with Gasteiger partial charge in [-0.2, -0.15) is 5.10 Å². The number of hydrogen-bond acceptors (Lipinski definition) is 4. The zero-order valence-corrected chi connectivity index (χ0v) is 10.1. The van der Waals surface area contributed by atoms with Crippen LogP contribution in [0.5, 0.6) is 0 Å². The molecule has 17 heavy (non-hydrogen) atoms. The van der Waals surface area contributed by atoms with Crippen molar-refractivity contribution in [3.05, 3.63) is 11.3 Å². The van der Waals surface area contributed by atoms with Crippen LogP contribution in [0.25, 0.3) is 0 Å². The van der Waals surface area contributed by atoms with Gasteiger partial charge in [-0.1, -0.05) is 0 Å². The Bertz CT molecular complexity index is 396. The molecule has 4 N–H and O–H groups in total. The van der Waals surface area contributed by atoms with Crippen molar-refractivity contribution in [2.24, 2.45) is 0 Å². The van der Waals surface area contributed by atoms with E-state index >= 15 is 0 Å². The fourth-order valence-electron chi connectivity index (χ4n) is 2.35. The van der Waals surface area contributed by atoms with Gasteiger partial charge in [-0.15, -0.1) is 0 Å². The summed E-state index contributed by atoms with van der Waals surface area (Å²) in [5.74, 6) is 0.0645. The van der Waals surface area contributed by atoms with Crippen molar-refractivity contribution in [2.45, 2.75) is 38.3 Å². The van der Waals surface area contributed by atoms with Crippen molar-refractivity contribution in [1.82, 2.24) is 15.5 Å². The third-order valence-electron chi connectivity index (χ3n) is 3.27. The predicted octanol–water partition coefficient (Wildman–Crippen LogP) is 0.598. The van der Waals surface area contributed by atoms with E-state index in [1.807, 2.05) is 0 Å². The van der Waals surface area contributed by atoms with Gasteiger partial charge in [0.15, 0.2) is 5.82 Å². The fourth-order valence-corrected chi connectivity index (χ4v) is 2.35. The van der Waals surface area contributed by atoms with Crippen LogP contribution in [0.1, 0.15) is 35.3 Å². The molecule has 2 rings (SSSR count). The maximum Gasteiger partial charge on any atom is 0.257 e. The molecular formula is C11H18N4O2. The van der Waals surface area contributed by atoms with Gasteiger partial charge in [0, 0.05) is 12.8 Å². The number of aryl methyl sites for hydroxylation is 1. The molecule has 1 amide bonds. The standard InChI is InChI=1S/C11H18N4O2/c1-6-9(10(12)15-14-6)11(16)13-7-4-3-5-8(7)17-2/h7-8H,3-5H2,1-2H3,(H,13,16)(H3,12,14,15). The number of nitrogens with zero attached hydrogens (tertiary/aromatic N) is 1. The summed E-state index contributed by atoms with van der Waals surface area (Å²) in [5, 5.41) is 9.47. The molecule has 2 atom stereocenters. The second kappa shape index (κ2) is 4.75. The predicted molar refractivity (Wildman–Crippen MR) is 63.6 cm³/mol. The van der Waals surface area contributed by atoms with E-state index in [9.17, 15) is 4.79 Å². The average molecular weight is 238 g/mol. The molecule has 6 nitrogen and oxygen atoms in total. The van der Waals surface area contributed by atoms with Gasteiger partial charge in [0.05, 0.1) is 12.1 Å². The molecular weight excluding hydrogens is 220 g/mol. The van der Waals surface area contributed by atoms with E-state index in [-0.39, 0.29) is 23.9 Å². The Morgan fingerprint density at radius 3 is 2.94 bits per heavy atom. The van der Waals surface area contributed by atoms with Crippen molar-refractivity contribution in [1.29, 1.82) is 0 Å². The second-order valence-electron chi connectivity index (χ2n) is 4.39. The maximum absolute atomic E-state index is 12.1. The van der Waals surface area contributed by atoms with Crippen LogP contribution in [0.2, 0.25) is 0 Å². The topological polar surface area (TPSA) is 93.0 Å². The summed E-state index contributed by atoms with van der Waals surface area (Å²) in [7, 11) is 1.67. The summed E-state index contributed by atoms with van der Waals surface area (Å²) < 4.78 is 5.33. The molecule has 0 bridgehead atoms. The average Bonchev–Trinajstić information content (AvgIpc) is 2.85. The van der Waals surface area contributed by atoms with Gasteiger partial charge < -0.3 is 15.8 Å². The lowest BCUT2D eigenvalue weighted by molar-refractivity contribution is 0.0722. The normalized spacial score (nSPS) is 23.9. The number of carbonyl (C=O) groups is 1. The first kappa shape index (κ1) is 11.9. The number of nitrogens with one attached hydrogen (secondary N) is 2. The van der Waals surface area contributed by atoms with Crippen LogP contribution in [0.15, 0.2) is 0 Å². The number of nitrogen functional groups attached to an aromatic ring is 1. The highest BCUT2D eigenvalue weighted by atomic mass is 16.5. The number of aromatic amines is 1. The molecule has 1 aliphatic rings. The largest absolute Gasteiger partial charge is 0.382 e. The summed E-state index contributed by atoms with van der Waals surface area (Å²) in [6, 6.07) is 0.0706. The minimum absolute atomic E-state index is 0.0706. The summed E-state index contributed by atoms with van der Waals surface area (Å²) >= 11 is 0. The number of nitrogens with two attached hydrogens (primary N) is 1. The van der Waals surface area contributed by atoms with Gasteiger partial charge >= 0.3 is 0 Å². The molecule has 1 saturated carbocycles. The van der Waals surface area contributed by atoms with Crippen LogP contribution in [0.4, 0.5) is 5.82 Å². The van der Waals surface area contributed by atoms with Crippen molar-refractivity contribution in [2.75, 3.05) is 12.8 Å². The first-order valence-electron chi connectivity index (χ1n) is 5.77. The lowest BCUT2D eigenvalue weighted by Gasteiger charge is -2.19. The zero-order chi connectivity index (χ0) is 12.4. The summed E-state index contributed by atoms with van der Waals surface area (Å²) in [5.41, 5.74) is 6.77. The van der Waals surface area contributed by atoms with Gasteiger partial charge in [0.2, 0.25) is 0 Å². The molecule has 1 fully saturated rings. The molecule has 1 aromatic rings. The van der Waals surface area contributed by atoms with E-state index in [1.165, 1.54) is 0 Å². The van der Waals surface area contributed by atoms with Crippen LogP contribution in [-0.4, -0.2) is 35.4 Å². The highest BCUT2D eigenvalue weighted by molar-refractivity contribution is 5.99. The summed E-state index contributed by atoms with van der Waals surface area (Å²) in [6.45, 7) is 1.78. The van der Waals surface area contributed by atoms with Crippen LogP contribution in [-0.2, 0) is 4.74 Å². The summed E-state index contributed by atoms with van der Waals surface area (Å²) in [4.78, 5) is 12.1. The minimum atomic E-state index is -0.178. The Morgan fingerprint density at radius 2 is 2.35 bits per heavy atom. The number of rotatable bonds is 3. The molecule has 0 aliphatic heterocycles. The lowest BCUT2D eigenvalue weighted by atomic mass is 10.1. The van der Waals surface area contributed by atoms with Gasteiger partial charge in [-0.25, -0.2) is 0 Å². The van der Waals surface area contributed by atoms with Crippen molar-refractivity contribution >= 4 is 11.7 Å². The first-order valence-corrected chi connectivity index (χ1v) is 5.77. The number of aromatic nitrogens is 2.